The zero-order valence-electron chi connectivity index (χ0n) is 15.4. The van der Waals surface area contributed by atoms with E-state index >= 15 is 0 Å². The third kappa shape index (κ3) is 5.71. The Balaban J connectivity index is 1.41. The molecule has 1 N–H and O–H groups in total. The SMILES string of the molecule is COc1ccc(CN2CCC(NCc3ccc(C(F)(F)F)cc3)CC2)cc1. The van der Waals surface area contributed by atoms with Gasteiger partial charge >= 0.3 is 6.18 Å². The lowest BCUT2D eigenvalue weighted by atomic mass is 10.0. The summed E-state index contributed by atoms with van der Waals surface area (Å²) in [5, 5.41) is 3.47. The van der Waals surface area contributed by atoms with Gasteiger partial charge in [-0.25, -0.2) is 0 Å². The van der Waals surface area contributed by atoms with Crippen LogP contribution < -0.4 is 10.1 Å². The normalized spacial score (nSPS) is 16.4. The number of piperidine rings is 1. The van der Waals surface area contributed by atoms with Crippen molar-refractivity contribution in [2.45, 2.75) is 38.1 Å². The van der Waals surface area contributed by atoms with Crippen LogP contribution in [0.2, 0.25) is 0 Å². The standard InChI is InChI=1S/C21H25F3N2O/c1-27-20-8-4-17(5-9-20)15-26-12-10-19(11-13-26)25-14-16-2-6-18(7-3-16)21(22,23)24/h2-9,19,25H,10-15H2,1H3. The monoisotopic (exact) mass is 378 g/mol. The van der Waals surface area contributed by atoms with Crippen LogP contribution >= 0.6 is 0 Å². The molecule has 146 valence electrons. The number of halogens is 3. The molecule has 0 radical (unpaired) electrons. The summed E-state index contributed by atoms with van der Waals surface area (Å²) in [5.74, 6) is 0.866. The molecule has 0 aliphatic carbocycles. The van der Waals surface area contributed by atoms with Gasteiger partial charge in [0, 0.05) is 19.1 Å². The molecule has 1 aliphatic rings. The van der Waals surface area contributed by atoms with E-state index in [1.165, 1.54) is 5.56 Å². The van der Waals surface area contributed by atoms with Gasteiger partial charge in [0.05, 0.1) is 12.7 Å². The molecular formula is C21H25F3N2O. The van der Waals surface area contributed by atoms with Crippen LogP contribution in [0.4, 0.5) is 13.2 Å². The Morgan fingerprint density at radius 2 is 1.56 bits per heavy atom. The van der Waals surface area contributed by atoms with Gasteiger partial charge in [-0.1, -0.05) is 24.3 Å². The van der Waals surface area contributed by atoms with Crippen molar-refractivity contribution in [1.82, 2.24) is 10.2 Å². The Labute approximate surface area is 158 Å². The van der Waals surface area contributed by atoms with Crippen LogP contribution in [0.3, 0.4) is 0 Å². The molecule has 27 heavy (non-hydrogen) atoms. The highest BCUT2D eigenvalue weighted by Crippen LogP contribution is 2.29. The van der Waals surface area contributed by atoms with E-state index in [-0.39, 0.29) is 0 Å². The molecule has 3 nitrogen and oxygen atoms in total. The van der Waals surface area contributed by atoms with Gasteiger partial charge < -0.3 is 10.1 Å². The topological polar surface area (TPSA) is 24.5 Å². The fourth-order valence-corrected chi connectivity index (χ4v) is 3.36. The predicted octanol–water partition coefficient (Wildman–Crippen LogP) is 4.47. The van der Waals surface area contributed by atoms with Crippen LogP contribution in [-0.2, 0) is 19.3 Å². The third-order valence-corrected chi connectivity index (χ3v) is 5.03. The van der Waals surface area contributed by atoms with E-state index in [4.69, 9.17) is 4.74 Å². The molecule has 1 aliphatic heterocycles. The minimum absolute atomic E-state index is 0.402. The van der Waals surface area contributed by atoms with Crippen molar-refractivity contribution in [3.05, 3.63) is 65.2 Å². The van der Waals surface area contributed by atoms with E-state index in [2.05, 4.69) is 22.3 Å². The number of ether oxygens (including phenoxy) is 1. The van der Waals surface area contributed by atoms with Crippen molar-refractivity contribution in [1.29, 1.82) is 0 Å². The Hall–Kier alpha value is -2.05. The van der Waals surface area contributed by atoms with Crippen molar-refractivity contribution in [3.8, 4) is 5.75 Å². The summed E-state index contributed by atoms with van der Waals surface area (Å²) in [6.07, 6.45) is -2.20. The Kier molecular flexibility index (Phi) is 6.39. The van der Waals surface area contributed by atoms with Gasteiger partial charge in [-0.2, -0.15) is 13.2 Å². The minimum Gasteiger partial charge on any atom is -0.497 e. The van der Waals surface area contributed by atoms with Gasteiger partial charge in [0.15, 0.2) is 0 Å². The van der Waals surface area contributed by atoms with Crippen LogP contribution in [-0.4, -0.2) is 31.1 Å². The molecule has 6 heteroatoms. The lowest BCUT2D eigenvalue weighted by Gasteiger charge is -2.32. The number of methoxy groups -OCH3 is 1. The molecule has 0 aromatic heterocycles. The van der Waals surface area contributed by atoms with E-state index in [1.807, 2.05) is 12.1 Å². The van der Waals surface area contributed by atoms with Crippen molar-refractivity contribution in [3.63, 3.8) is 0 Å². The molecule has 0 unspecified atom stereocenters. The largest absolute Gasteiger partial charge is 0.497 e. The van der Waals surface area contributed by atoms with Gasteiger partial charge in [0.1, 0.15) is 5.75 Å². The lowest BCUT2D eigenvalue weighted by Crippen LogP contribution is -2.41. The van der Waals surface area contributed by atoms with Crippen LogP contribution in [0.5, 0.6) is 5.75 Å². The van der Waals surface area contributed by atoms with Crippen molar-refractivity contribution in [2.24, 2.45) is 0 Å². The van der Waals surface area contributed by atoms with E-state index in [0.717, 1.165) is 55.9 Å². The second-order valence-electron chi connectivity index (χ2n) is 6.97. The first-order valence-corrected chi connectivity index (χ1v) is 9.19. The summed E-state index contributed by atoms with van der Waals surface area (Å²) in [4.78, 5) is 2.43. The molecule has 0 spiro atoms. The fourth-order valence-electron chi connectivity index (χ4n) is 3.36. The van der Waals surface area contributed by atoms with Crippen molar-refractivity contribution in [2.75, 3.05) is 20.2 Å². The zero-order chi connectivity index (χ0) is 19.3. The van der Waals surface area contributed by atoms with Gasteiger partial charge in [0.25, 0.3) is 0 Å². The van der Waals surface area contributed by atoms with Gasteiger partial charge in [0.2, 0.25) is 0 Å². The highest BCUT2D eigenvalue weighted by Gasteiger charge is 2.29. The summed E-state index contributed by atoms with van der Waals surface area (Å²) in [6.45, 7) is 3.55. The summed E-state index contributed by atoms with van der Waals surface area (Å²) in [7, 11) is 1.66. The van der Waals surface area contributed by atoms with Crippen LogP contribution in [0.1, 0.15) is 29.5 Å². The minimum atomic E-state index is -4.28. The zero-order valence-corrected chi connectivity index (χ0v) is 15.4. The third-order valence-electron chi connectivity index (χ3n) is 5.03. The van der Waals surface area contributed by atoms with E-state index in [1.54, 1.807) is 19.2 Å². The first kappa shape index (κ1) is 19.7. The lowest BCUT2D eigenvalue weighted by molar-refractivity contribution is -0.137. The first-order chi connectivity index (χ1) is 12.9. The summed E-state index contributed by atoms with van der Waals surface area (Å²) < 4.78 is 43.0. The number of rotatable bonds is 6. The second kappa shape index (κ2) is 8.76. The van der Waals surface area contributed by atoms with Crippen molar-refractivity contribution < 1.29 is 17.9 Å². The van der Waals surface area contributed by atoms with Crippen LogP contribution in [0.15, 0.2) is 48.5 Å². The fraction of sp³-hybridized carbons (Fsp3) is 0.429. The van der Waals surface area contributed by atoms with Crippen LogP contribution in [0.25, 0.3) is 0 Å². The van der Waals surface area contributed by atoms with E-state index in [0.29, 0.717) is 12.6 Å². The number of hydrogen-bond donors (Lipinski definition) is 1. The molecule has 0 atom stereocenters. The molecule has 2 aromatic carbocycles. The molecule has 0 saturated carbocycles. The maximum Gasteiger partial charge on any atom is 0.416 e. The molecule has 3 rings (SSSR count). The second-order valence-corrected chi connectivity index (χ2v) is 6.97. The highest BCUT2D eigenvalue weighted by atomic mass is 19.4. The average molecular weight is 378 g/mol. The molecule has 0 bridgehead atoms. The Morgan fingerprint density at radius 1 is 0.963 bits per heavy atom. The Morgan fingerprint density at radius 3 is 2.11 bits per heavy atom. The number of benzene rings is 2. The molecule has 1 heterocycles. The van der Waals surface area contributed by atoms with Crippen LogP contribution in [0, 0.1) is 0 Å². The van der Waals surface area contributed by atoms with Crippen molar-refractivity contribution >= 4 is 0 Å². The van der Waals surface area contributed by atoms with Gasteiger partial charge in [-0.05, 0) is 61.3 Å². The summed E-state index contributed by atoms with van der Waals surface area (Å²) in [6, 6.07) is 13.9. The maximum absolute atomic E-state index is 12.6. The molecule has 0 amide bonds. The van der Waals surface area contributed by atoms with Gasteiger partial charge in [-0.3, -0.25) is 4.90 Å². The predicted molar refractivity (Wildman–Crippen MR) is 99.6 cm³/mol. The smallest absolute Gasteiger partial charge is 0.416 e. The quantitative estimate of drug-likeness (QED) is 0.803. The summed E-state index contributed by atoms with van der Waals surface area (Å²) in [5.41, 5.74) is 1.55. The number of nitrogens with zero attached hydrogens (tertiary/aromatic N) is 1. The Bertz CT molecular complexity index is 706. The molecule has 1 saturated heterocycles. The first-order valence-electron chi connectivity index (χ1n) is 9.19. The molecular weight excluding hydrogens is 353 g/mol. The average Bonchev–Trinajstić information content (AvgIpc) is 2.68. The van der Waals surface area contributed by atoms with E-state index < -0.39 is 11.7 Å². The number of nitrogens with one attached hydrogen (secondary N) is 1. The molecule has 2 aromatic rings. The number of alkyl halides is 3. The number of likely N-dealkylation sites (tertiary alicyclic amines) is 1. The van der Waals surface area contributed by atoms with Gasteiger partial charge in [-0.15, -0.1) is 0 Å². The van der Waals surface area contributed by atoms with E-state index in [9.17, 15) is 13.2 Å². The summed E-state index contributed by atoms with van der Waals surface area (Å²) >= 11 is 0. The number of hydrogen-bond acceptors (Lipinski definition) is 3. The highest BCUT2D eigenvalue weighted by molar-refractivity contribution is 5.27. The maximum atomic E-state index is 12.6. The molecule has 1 fully saturated rings.